The Morgan fingerprint density at radius 2 is 2.38 bits per heavy atom. The molecule has 2 heterocycles. The maximum absolute atomic E-state index is 5.46. The minimum atomic E-state index is 0.694. The number of halogens is 1. The van der Waals surface area contributed by atoms with Gasteiger partial charge in [0, 0.05) is 12.6 Å². The van der Waals surface area contributed by atoms with Crippen LogP contribution in [0.15, 0.2) is 26.7 Å². The first kappa shape index (κ1) is 10.5. The molecular weight excluding hydrogens is 288 g/mol. The van der Waals surface area contributed by atoms with E-state index in [9.17, 15) is 0 Å². The zero-order chi connectivity index (χ0) is 11.0. The van der Waals surface area contributed by atoms with E-state index in [2.05, 4.69) is 32.3 Å². The zero-order valence-electron chi connectivity index (χ0n) is 8.57. The SMILES string of the molecule is Brc1ccc(-c2ocnc2CNC2CC2)s1. The predicted octanol–water partition coefficient (Wildman–Crippen LogP) is 3.42. The minimum absolute atomic E-state index is 0.694. The lowest BCUT2D eigenvalue weighted by Gasteiger charge is -2.00. The predicted molar refractivity (Wildman–Crippen MR) is 67.4 cm³/mol. The number of thiophene rings is 1. The van der Waals surface area contributed by atoms with Crippen molar-refractivity contribution in [2.24, 2.45) is 0 Å². The fraction of sp³-hybridized carbons (Fsp3) is 0.364. The van der Waals surface area contributed by atoms with Crippen LogP contribution < -0.4 is 5.32 Å². The lowest BCUT2D eigenvalue weighted by Crippen LogP contribution is -2.15. The van der Waals surface area contributed by atoms with E-state index in [0.29, 0.717) is 6.04 Å². The van der Waals surface area contributed by atoms with Crippen LogP contribution in [-0.2, 0) is 6.54 Å². The lowest BCUT2D eigenvalue weighted by molar-refractivity contribution is 0.570. The van der Waals surface area contributed by atoms with Gasteiger partial charge in [-0.3, -0.25) is 0 Å². The molecule has 0 atom stereocenters. The molecule has 1 N–H and O–H groups in total. The molecule has 84 valence electrons. The molecule has 3 nitrogen and oxygen atoms in total. The fourth-order valence-electron chi connectivity index (χ4n) is 1.56. The van der Waals surface area contributed by atoms with Gasteiger partial charge in [-0.1, -0.05) is 0 Å². The van der Waals surface area contributed by atoms with Gasteiger partial charge >= 0.3 is 0 Å². The second-order valence-electron chi connectivity index (χ2n) is 3.89. The van der Waals surface area contributed by atoms with Crippen LogP contribution in [0.3, 0.4) is 0 Å². The topological polar surface area (TPSA) is 38.1 Å². The third kappa shape index (κ3) is 2.21. The third-order valence-corrected chi connectivity index (χ3v) is 4.20. The summed E-state index contributed by atoms with van der Waals surface area (Å²) in [5, 5.41) is 3.45. The Labute approximate surface area is 106 Å². The molecule has 16 heavy (non-hydrogen) atoms. The summed E-state index contributed by atoms with van der Waals surface area (Å²) in [5.74, 6) is 0.892. The van der Waals surface area contributed by atoms with E-state index in [1.807, 2.05) is 6.07 Å². The van der Waals surface area contributed by atoms with Crippen molar-refractivity contribution in [3.05, 3.63) is 28.0 Å². The van der Waals surface area contributed by atoms with Gasteiger partial charge in [-0.25, -0.2) is 4.98 Å². The van der Waals surface area contributed by atoms with Crippen molar-refractivity contribution in [1.82, 2.24) is 10.3 Å². The Bertz CT molecular complexity index is 490. The van der Waals surface area contributed by atoms with Crippen LogP contribution in [0.5, 0.6) is 0 Å². The Hall–Kier alpha value is -0.650. The van der Waals surface area contributed by atoms with E-state index in [-0.39, 0.29) is 0 Å². The molecule has 0 unspecified atom stereocenters. The van der Waals surface area contributed by atoms with Crippen molar-refractivity contribution in [3.8, 4) is 10.6 Å². The van der Waals surface area contributed by atoms with E-state index in [1.165, 1.54) is 19.2 Å². The number of oxazole rings is 1. The summed E-state index contributed by atoms with van der Waals surface area (Å²) < 4.78 is 6.57. The minimum Gasteiger partial charge on any atom is -0.442 e. The number of rotatable bonds is 4. The summed E-state index contributed by atoms with van der Waals surface area (Å²) in [6, 6.07) is 4.77. The highest BCUT2D eigenvalue weighted by Crippen LogP contribution is 2.33. The third-order valence-electron chi connectivity index (χ3n) is 2.57. The first-order valence-electron chi connectivity index (χ1n) is 5.24. The second-order valence-corrected chi connectivity index (χ2v) is 6.35. The molecule has 5 heteroatoms. The molecule has 1 aliphatic rings. The van der Waals surface area contributed by atoms with Gasteiger partial charge in [-0.05, 0) is 40.9 Å². The lowest BCUT2D eigenvalue weighted by atomic mass is 10.3. The average molecular weight is 299 g/mol. The Balaban J connectivity index is 1.80. The first-order chi connectivity index (χ1) is 7.83. The fourth-order valence-corrected chi connectivity index (χ4v) is 2.96. The monoisotopic (exact) mass is 298 g/mol. The summed E-state index contributed by atoms with van der Waals surface area (Å²) in [5.41, 5.74) is 1.00. The van der Waals surface area contributed by atoms with Crippen LogP contribution in [0, 0.1) is 0 Å². The summed E-state index contributed by atoms with van der Waals surface area (Å²) in [6.45, 7) is 0.798. The van der Waals surface area contributed by atoms with Gasteiger partial charge in [0.05, 0.1) is 8.66 Å². The molecule has 1 saturated carbocycles. The normalized spacial score (nSPS) is 15.6. The van der Waals surface area contributed by atoms with Crippen molar-refractivity contribution >= 4 is 27.3 Å². The zero-order valence-corrected chi connectivity index (χ0v) is 11.0. The highest BCUT2D eigenvalue weighted by molar-refractivity contribution is 9.11. The molecule has 0 radical (unpaired) electrons. The standard InChI is InChI=1S/C11H11BrN2OS/c12-10-4-3-9(16-10)11-8(14-6-15-11)5-13-7-1-2-7/h3-4,6-7,13H,1-2,5H2. The van der Waals surface area contributed by atoms with E-state index in [1.54, 1.807) is 11.3 Å². The average Bonchev–Trinajstić information content (AvgIpc) is 2.82. The Morgan fingerprint density at radius 3 is 3.06 bits per heavy atom. The highest BCUT2D eigenvalue weighted by atomic mass is 79.9. The van der Waals surface area contributed by atoms with Crippen molar-refractivity contribution in [2.75, 3.05) is 0 Å². The van der Waals surface area contributed by atoms with Crippen molar-refractivity contribution < 1.29 is 4.42 Å². The number of hydrogen-bond acceptors (Lipinski definition) is 4. The van der Waals surface area contributed by atoms with Crippen LogP contribution in [-0.4, -0.2) is 11.0 Å². The van der Waals surface area contributed by atoms with Crippen LogP contribution >= 0.6 is 27.3 Å². The molecule has 0 aliphatic heterocycles. The van der Waals surface area contributed by atoms with Gasteiger partial charge in [0.1, 0.15) is 5.69 Å². The van der Waals surface area contributed by atoms with E-state index in [0.717, 1.165) is 26.7 Å². The molecule has 2 aromatic heterocycles. The Kier molecular flexibility index (Phi) is 2.83. The highest BCUT2D eigenvalue weighted by Gasteiger charge is 2.21. The molecule has 3 rings (SSSR count). The number of nitrogens with one attached hydrogen (secondary N) is 1. The van der Waals surface area contributed by atoms with Gasteiger partial charge in [0.25, 0.3) is 0 Å². The first-order valence-corrected chi connectivity index (χ1v) is 6.85. The molecule has 0 bridgehead atoms. The molecule has 2 aromatic rings. The summed E-state index contributed by atoms with van der Waals surface area (Å²) in [6.07, 6.45) is 4.10. The number of hydrogen-bond donors (Lipinski definition) is 1. The van der Waals surface area contributed by atoms with Gasteiger partial charge in [-0.15, -0.1) is 11.3 Å². The maximum Gasteiger partial charge on any atom is 0.181 e. The van der Waals surface area contributed by atoms with Crippen LogP contribution in [0.2, 0.25) is 0 Å². The van der Waals surface area contributed by atoms with Gasteiger partial charge in [0.2, 0.25) is 0 Å². The molecule has 1 aliphatic carbocycles. The smallest absolute Gasteiger partial charge is 0.181 e. The van der Waals surface area contributed by atoms with Gasteiger partial charge < -0.3 is 9.73 Å². The molecule has 0 aromatic carbocycles. The van der Waals surface area contributed by atoms with Crippen LogP contribution in [0.4, 0.5) is 0 Å². The van der Waals surface area contributed by atoms with E-state index < -0.39 is 0 Å². The largest absolute Gasteiger partial charge is 0.442 e. The van der Waals surface area contributed by atoms with E-state index >= 15 is 0 Å². The summed E-state index contributed by atoms with van der Waals surface area (Å²) >= 11 is 5.12. The molecule has 0 saturated heterocycles. The van der Waals surface area contributed by atoms with Crippen LogP contribution in [0.25, 0.3) is 10.6 Å². The second kappa shape index (κ2) is 4.31. The van der Waals surface area contributed by atoms with Crippen molar-refractivity contribution in [3.63, 3.8) is 0 Å². The maximum atomic E-state index is 5.46. The van der Waals surface area contributed by atoms with Gasteiger partial charge in [0.15, 0.2) is 12.2 Å². The number of nitrogens with zero attached hydrogens (tertiary/aromatic N) is 1. The van der Waals surface area contributed by atoms with Crippen molar-refractivity contribution in [1.29, 1.82) is 0 Å². The van der Waals surface area contributed by atoms with E-state index in [4.69, 9.17) is 4.42 Å². The van der Waals surface area contributed by atoms with Crippen molar-refractivity contribution in [2.45, 2.75) is 25.4 Å². The van der Waals surface area contributed by atoms with Gasteiger partial charge in [-0.2, -0.15) is 0 Å². The molecule has 1 fully saturated rings. The molecular formula is C11H11BrN2OS. The van der Waals surface area contributed by atoms with Crippen LogP contribution in [0.1, 0.15) is 18.5 Å². The summed E-state index contributed by atoms with van der Waals surface area (Å²) in [4.78, 5) is 5.39. The summed E-state index contributed by atoms with van der Waals surface area (Å²) in [7, 11) is 0. The molecule has 0 spiro atoms. The number of aromatic nitrogens is 1. The quantitative estimate of drug-likeness (QED) is 0.940. The Morgan fingerprint density at radius 1 is 1.50 bits per heavy atom. The molecule has 0 amide bonds.